The number of fused-ring (bicyclic) bond motifs is 1. The number of aromatic nitrogens is 1. The summed E-state index contributed by atoms with van der Waals surface area (Å²) in [7, 11) is 0. The van der Waals surface area contributed by atoms with Crippen LogP contribution in [0.4, 0.5) is 11.4 Å². The van der Waals surface area contributed by atoms with Crippen LogP contribution in [0.3, 0.4) is 0 Å². The van der Waals surface area contributed by atoms with Crippen LogP contribution < -0.4 is 4.90 Å². The number of imide groups is 1. The SMILES string of the molecule is O=C1c2c(Cl)ccc([N+](=O)[O-])c2C(=O)N1c1cccnc1. The molecule has 2 heterocycles. The van der Waals surface area contributed by atoms with Gasteiger partial charge in [-0.15, -0.1) is 0 Å². The number of carbonyl (C=O) groups is 2. The lowest BCUT2D eigenvalue weighted by Gasteiger charge is -2.12. The summed E-state index contributed by atoms with van der Waals surface area (Å²) in [5.74, 6) is -1.48. The van der Waals surface area contributed by atoms with E-state index in [0.717, 1.165) is 11.0 Å². The Hall–Kier alpha value is -2.80. The molecular formula is C13H6ClN3O4. The van der Waals surface area contributed by atoms with E-state index in [9.17, 15) is 19.7 Å². The highest BCUT2D eigenvalue weighted by atomic mass is 35.5. The second kappa shape index (κ2) is 4.64. The average Bonchev–Trinajstić information content (AvgIpc) is 2.73. The van der Waals surface area contributed by atoms with Gasteiger partial charge >= 0.3 is 0 Å². The highest BCUT2D eigenvalue weighted by Crippen LogP contribution is 2.37. The van der Waals surface area contributed by atoms with Crippen LogP contribution in [0.2, 0.25) is 5.02 Å². The van der Waals surface area contributed by atoms with Gasteiger partial charge in [0.1, 0.15) is 5.56 Å². The summed E-state index contributed by atoms with van der Waals surface area (Å²) >= 11 is 5.92. The Morgan fingerprint density at radius 2 is 1.86 bits per heavy atom. The molecule has 1 aliphatic rings. The lowest BCUT2D eigenvalue weighted by atomic mass is 10.1. The zero-order chi connectivity index (χ0) is 15.1. The predicted octanol–water partition coefficient (Wildman–Crippen LogP) is 2.44. The first-order chi connectivity index (χ1) is 10.0. The Labute approximate surface area is 122 Å². The van der Waals surface area contributed by atoms with E-state index in [1.807, 2.05) is 0 Å². The summed E-state index contributed by atoms with van der Waals surface area (Å²) in [4.78, 5) is 39.8. The number of carbonyl (C=O) groups excluding carboxylic acids is 2. The van der Waals surface area contributed by atoms with Gasteiger partial charge in [0.2, 0.25) is 0 Å². The number of hydrogen-bond donors (Lipinski definition) is 0. The van der Waals surface area contributed by atoms with Gasteiger partial charge in [0.05, 0.1) is 27.4 Å². The van der Waals surface area contributed by atoms with Crippen molar-refractivity contribution in [1.82, 2.24) is 4.98 Å². The molecule has 21 heavy (non-hydrogen) atoms. The van der Waals surface area contributed by atoms with Gasteiger partial charge in [-0.25, -0.2) is 4.90 Å². The van der Waals surface area contributed by atoms with Gasteiger partial charge in [0.25, 0.3) is 17.5 Å². The standard InChI is InChI=1S/C13H6ClN3O4/c14-8-3-4-9(17(20)21)11-10(8)12(18)16(13(11)19)7-2-1-5-15-6-7/h1-6H. The average molecular weight is 304 g/mol. The van der Waals surface area contributed by atoms with Crippen LogP contribution in [0.5, 0.6) is 0 Å². The number of amides is 2. The number of hydrogen-bond acceptors (Lipinski definition) is 5. The fourth-order valence-corrected chi connectivity index (χ4v) is 2.42. The van der Waals surface area contributed by atoms with Gasteiger partial charge in [0, 0.05) is 12.3 Å². The Morgan fingerprint density at radius 1 is 1.14 bits per heavy atom. The summed E-state index contributed by atoms with van der Waals surface area (Å²) in [5, 5.41) is 11.0. The van der Waals surface area contributed by atoms with Crippen molar-refractivity contribution in [3.8, 4) is 0 Å². The molecule has 0 unspecified atom stereocenters. The van der Waals surface area contributed by atoms with Crippen molar-refractivity contribution < 1.29 is 14.5 Å². The molecule has 0 bridgehead atoms. The highest BCUT2D eigenvalue weighted by Gasteiger charge is 2.43. The van der Waals surface area contributed by atoms with Crippen molar-refractivity contribution in [2.75, 3.05) is 4.90 Å². The number of nitrogens with zero attached hydrogens (tertiary/aromatic N) is 3. The Balaban J connectivity index is 2.24. The fourth-order valence-electron chi connectivity index (χ4n) is 2.18. The second-order valence-electron chi connectivity index (χ2n) is 4.23. The summed E-state index contributed by atoms with van der Waals surface area (Å²) in [6, 6.07) is 5.40. The minimum Gasteiger partial charge on any atom is -0.268 e. The van der Waals surface area contributed by atoms with E-state index in [2.05, 4.69) is 4.98 Å². The van der Waals surface area contributed by atoms with Gasteiger partial charge in [-0.3, -0.25) is 24.7 Å². The first-order valence-corrected chi connectivity index (χ1v) is 6.16. The highest BCUT2D eigenvalue weighted by molar-refractivity contribution is 6.42. The number of anilines is 1. The Kier molecular flexibility index (Phi) is 2.91. The molecule has 0 saturated heterocycles. The molecule has 1 aliphatic heterocycles. The number of halogens is 1. The maximum Gasteiger partial charge on any atom is 0.283 e. The molecule has 3 rings (SSSR count). The summed E-state index contributed by atoms with van der Waals surface area (Å²) in [5.41, 5.74) is -0.658. The molecule has 0 aliphatic carbocycles. The van der Waals surface area contributed by atoms with E-state index >= 15 is 0 Å². The van der Waals surface area contributed by atoms with Gasteiger partial charge in [-0.2, -0.15) is 0 Å². The van der Waals surface area contributed by atoms with Crippen molar-refractivity contribution in [2.24, 2.45) is 0 Å². The maximum atomic E-state index is 12.4. The zero-order valence-corrected chi connectivity index (χ0v) is 11.1. The third-order valence-corrected chi connectivity index (χ3v) is 3.38. The van der Waals surface area contributed by atoms with Gasteiger partial charge < -0.3 is 0 Å². The van der Waals surface area contributed by atoms with Crippen molar-refractivity contribution in [3.63, 3.8) is 0 Å². The monoisotopic (exact) mass is 303 g/mol. The second-order valence-corrected chi connectivity index (χ2v) is 4.64. The number of nitro groups is 1. The van der Waals surface area contributed by atoms with Crippen LogP contribution in [0.1, 0.15) is 20.7 Å². The molecule has 2 amide bonds. The lowest BCUT2D eigenvalue weighted by molar-refractivity contribution is -0.385. The van der Waals surface area contributed by atoms with Gasteiger partial charge in [-0.05, 0) is 18.2 Å². The number of nitro benzene ring substituents is 1. The molecule has 2 aromatic rings. The first kappa shape index (κ1) is 13.2. The van der Waals surface area contributed by atoms with Gasteiger partial charge in [0.15, 0.2) is 0 Å². The molecular weight excluding hydrogens is 298 g/mol. The molecule has 0 spiro atoms. The predicted molar refractivity (Wildman–Crippen MR) is 73.5 cm³/mol. The molecule has 1 aromatic heterocycles. The summed E-state index contributed by atoms with van der Waals surface area (Å²) in [6.07, 6.45) is 2.80. The maximum absolute atomic E-state index is 12.4. The Bertz CT molecular complexity index is 792. The van der Waals surface area contributed by atoms with Crippen molar-refractivity contribution in [1.29, 1.82) is 0 Å². The minimum atomic E-state index is -0.780. The third-order valence-electron chi connectivity index (χ3n) is 3.07. The molecule has 0 saturated carbocycles. The molecule has 1 aromatic carbocycles. The quantitative estimate of drug-likeness (QED) is 0.482. The molecule has 0 radical (unpaired) electrons. The van der Waals surface area contributed by atoms with E-state index in [1.165, 1.54) is 24.5 Å². The molecule has 0 N–H and O–H groups in total. The number of pyridine rings is 1. The lowest BCUT2D eigenvalue weighted by Crippen LogP contribution is -2.29. The van der Waals surface area contributed by atoms with E-state index in [0.29, 0.717) is 0 Å². The van der Waals surface area contributed by atoms with Crippen LogP contribution >= 0.6 is 11.6 Å². The third kappa shape index (κ3) is 1.86. The van der Waals surface area contributed by atoms with E-state index in [1.54, 1.807) is 6.07 Å². The van der Waals surface area contributed by atoms with Gasteiger partial charge in [-0.1, -0.05) is 11.6 Å². The van der Waals surface area contributed by atoms with Crippen LogP contribution in [0, 0.1) is 10.1 Å². The summed E-state index contributed by atoms with van der Waals surface area (Å²) in [6.45, 7) is 0. The molecule has 7 nitrogen and oxygen atoms in total. The van der Waals surface area contributed by atoms with Crippen LogP contribution in [0.15, 0.2) is 36.7 Å². The molecule has 0 atom stereocenters. The van der Waals surface area contributed by atoms with Crippen LogP contribution in [-0.4, -0.2) is 21.7 Å². The largest absolute Gasteiger partial charge is 0.283 e. The van der Waals surface area contributed by atoms with Crippen molar-refractivity contribution >= 4 is 34.8 Å². The molecule has 104 valence electrons. The van der Waals surface area contributed by atoms with E-state index in [4.69, 9.17) is 11.6 Å². The fraction of sp³-hybridized carbons (Fsp3) is 0. The first-order valence-electron chi connectivity index (χ1n) is 5.78. The Morgan fingerprint density at radius 3 is 2.48 bits per heavy atom. The van der Waals surface area contributed by atoms with E-state index < -0.39 is 22.4 Å². The molecule has 8 heteroatoms. The summed E-state index contributed by atoms with van der Waals surface area (Å²) < 4.78 is 0. The normalized spacial score (nSPS) is 13.5. The van der Waals surface area contributed by atoms with Crippen molar-refractivity contribution in [2.45, 2.75) is 0 Å². The molecule has 0 fully saturated rings. The zero-order valence-electron chi connectivity index (χ0n) is 10.3. The number of benzene rings is 1. The van der Waals surface area contributed by atoms with Crippen molar-refractivity contribution in [3.05, 3.63) is 62.9 Å². The number of rotatable bonds is 2. The van der Waals surface area contributed by atoms with Crippen LogP contribution in [-0.2, 0) is 0 Å². The smallest absolute Gasteiger partial charge is 0.268 e. The van der Waals surface area contributed by atoms with Crippen LogP contribution in [0.25, 0.3) is 0 Å². The minimum absolute atomic E-state index is 0.000315. The topological polar surface area (TPSA) is 93.4 Å². The van der Waals surface area contributed by atoms with E-state index in [-0.39, 0.29) is 21.8 Å².